The first-order valence-corrected chi connectivity index (χ1v) is 2.07. The van der Waals surface area contributed by atoms with E-state index >= 15 is 0 Å². The highest BCUT2D eigenvalue weighted by Gasteiger charge is 1.84. The van der Waals surface area contributed by atoms with E-state index in [0.717, 1.165) is 6.20 Å². The average molecular weight is 112 g/mol. The maximum atomic E-state index is 10.2. The van der Waals surface area contributed by atoms with Crippen molar-refractivity contribution < 1.29 is 4.85 Å². The summed E-state index contributed by atoms with van der Waals surface area (Å²) in [5.74, 6) is 0. The first kappa shape index (κ1) is 4.83. The van der Waals surface area contributed by atoms with Gasteiger partial charge in [0.15, 0.2) is 0 Å². The fourth-order valence-electron chi connectivity index (χ4n) is 0.389. The number of aromatic nitrogens is 2. The number of hydrogen-bond acceptors (Lipinski definition) is 2. The van der Waals surface area contributed by atoms with Crippen molar-refractivity contribution in [2.24, 2.45) is 0 Å². The van der Waals surface area contributed by atoms with Crippen LogP contribution >= 0.6 is 0 Å². The van der Waals surface area contributed by atoms with Gasteiger partial charge in [-0.1, -0.05) is 4.85 Å². The second-order valence-corrected chi connectivity index (χ2v) is 1.32. The van der Waals surface area contributed by atoms with Crippen LogP contribution in [0.4, 0.5) is 0 Å². The van der Waals surface area contributed by atoms with Gasteiger partial charge in [0.05, 0.1) is 6.20 Å². The molecule has 0 aliphatic heterocycles. The van der Waals surface area contributed by atoms with Crippen LogP contribution in [0.2, 0.25) is 0 Å². The molecule has 42 valence electrons. The fourth-order valence-corrected chi connectivity index (χ4v) is 0.389. The van der Waals surface area contributed by atoms with Crippen molar-refractivity contribution in [3.05, 3.63) is 33.9 Å². The number of nitrogens with zero attached hydrogens (tertiary/aromatic N) is 1. The molecular formula is C4H4N2O2. The van der Waals surface area contributed by atoms with Gasteiger partial charge >= 0.3 is 0 Å². The Kier molecular flexibility index (Phi) is 0.997. The van der Waals surface area contributed by atoms with E-state index < -0.39 is 0 Å². The zero-order chi connectivity index (χ0) is 5.98. The Labute approximate surface area is 45.0 Å². The SMILES string of the molecule is O=c1cc[nH][n+]([O-])c1. The van der Waals surface area contributed by atoms with Crippen molar-refractivity contribution in [3.63, 3.8) is 0 Å². The molecule has 0 atom stereocenters. The second kappa shape index (κ2) is 1.65. The van der Waals surface area contributed by atoms with Crippen molar-refractivity contribution in [1.29, 1.82) is 0 Å². The van der Waals surface area contributed by atoms with Crippen molar-refractivity contribution in [2.45, 2.75) is 0 Å². The molecule has 1 N–H and O–H groups in total. The highest BCUT2D eigenvalue weighted by molar-refractivity contribution is 4.79. The average Bonchev–Trinajstić information content (AvgIpc) is 1.64. The summed E-state index contributed by atoms with van der Waals surface area (Å²) < 4.78 is 0. The summed E-state index contributed by atoms with van der Waals surface area (Å²) in [6.45, 7) is 0. The molecule has 0 aliphatic rings. The quantitative estimate of drug-likeness (QED) is 0.346. The Bertz CT molecular complexity index is 229. The number of rotatable bonds is 0. The molecule has 0 amide bonds. The van der Waals surface area contributed by atoms with E-state index in [4.69, 9.17) is 0 Å². The van der Waals surface area contributed by atoms with E-state index in [1.807, 2.05) is 0 Å². The zero-order valence-corrected chi connectivity index (χ0v) is 4.00. The molecule has 0 spiro atoms. The highest BCUT2D eigenvalue weighted by Crippen LogP contribution is 1.56. The summed E-state index contributed by atoms with van der Waals surface area (Å²) in [6.07, 6.45) is 2.20. The third-order valence-corrected chi connectivity index (χ3v) is 0.694. The van der Waals surface area contributed by atoms with E-state index in [-0.39, 0.29) is 5.43 Å². The Morgan fingerprint density at radius 3 is 2.88 bits per heavy atom. The molecule has 1 heterocycles. The van der Waals surface area contributed by atoms with Crippen LogP contribution in [0.5, 0.6) is 0 Å². The van der Waals surface area contributed by atoms with Crippen LogP contribution < -0.4 is 10.3 Å². The van der Waals surface area contributed by atoms with Gasteiger partial charge in [0.2, 0.25) is 5.43 Å². The molecule has 0 radical (unpaired) electrons. The lowest BCUT2D eigenvalue weighted by Crippen LogP contribution is -2.33. The molecule has 1 aromatic heterocycles. The first-order chi connectivity index (χ1) is 3.79. The van der Waals surface area contributed by atoms with E-state index in [1.165, 1.54) is 12.3 Å². The Balaban J connectivity index is 3.28. The van der Waals surface area contributed by atoms with Gasteiger partial charge in [-0.2, -0.15) is 5.10 Å². The minimum atomic E-state index is -0.293. The molecule has 4 heteroatoms. The monoisotopic (exact) mass is 112 g/mol. The van der Waals surface area contributed by atoms with Gasteiger partial charge in [-0.3, -0.25) is 4.79 Å². The second-order valence-electron chi connectivity index (χ2n) is 1.32. The summed E-state index contributed by atoms with van der Waals surface area (Å²) in [6, 6.07) is 1.27. The predicted octanol–water partition coefficient (Wildman–Crippen LogP) is -0.992. The molecule has 0 saturated heterocycles. The van der Waals surface area contributed by atoms with Gasteiger partial charge < -0.3 is 5.21 Å². The molecule has 0 unspecified atom stereocenters. The topological polar surface area (TPSA) is 59.8 Å². The lowest BCUT2D eigenvalue weighted by Gasteiger charge is -1.87. The molecule has 4 nitrogen and oxygen atoms in total. The Morgan fingerprint density at radius 2 is 2.50 bits per heavy atom. The molecule has 0 aliphatic carbocycles. The molecule has 8 heavy (non-hydrogen) atoms. The van der Waals surface area contributed by atoms with Crippen LogP contribution in [-0.4, -0.2) is 5.10 Å². The molecule has 1 rings (SSSR count). The summed E-state index contributed by atoms with van der Waals surface area (Å²) >= 11 is 0. The standard InChI is InChI=1S/C4H4N2O2/c7-4-1-2-5-6(8)3-4/h1-3,5H. The van der Waals surface area contributed by atoms with Gasteiger partial charge in [-0.25, -0.2) is 0 Å². The van der Waals surface area contributed by atoms with Crippen LogP contribution in [0.15, 0.2) is 23.3 Å². The van der Waals surface area contributed by atoms with Crippen molar-refractivity contribution in [2.75, 3.05) is 0 Å². The van der Waals surface area contributed by atoms with Gasteiger partial charge in [-0.05, 0) is 0 Å². The largest absolute Gasteiger partial charge is 0.596 e. The van der Waals surface area contributed by atoms with E-state index in [9.17, 15) is 10.0 Å². The van der Waals surface area contributed by atoms with E-state index in [2.05, 4.69) is 5.10 Å². The molecule has 0 bridgehead atoms. The molecule has 0 fully saturated rings. The lowest BCUT2D eigenvalue weighted by molar-refractivity contribution is -0.669. The van der Waals surface area contributed by atoms with Crippen molar-refractivity contribution in [1.82, 2.24) is 5.10 Å². The predicted molar refractivity (Wildman–Crippen MR) is 26.0 cm³/mol. The fraction of sp³-hybridized carbons (Fsp3) is 0. The molecule has 1 aromatic rings. The normalized spacial score (nSPS) is 9.00. The Morgan fingerprint density at radius 1 is 1.75 bits per heavy atom. The van der Waals surface area contributed by atoms with Crippen molar-refractivity contribution >= 4 is 0 Å². The van der Waals surface area contributed by atoms with Gasteiger partial charge in [0.25, 0.3) is 6.20 Å². The number of hydrogen-bond donors (Lipinski definition) is 1. The highest BCUT2D eigenvalue weighted by atomic mass is 16.5. The van der Waals surface area contributed by atoms with E-state index in [1.54, 1.807) is 0 Å². The van der Waals surface area contributed by atoms with Crippen LogP contribution in [0.3, 0.4) is 0 Å². The third-order valence-electron chi connectivity index (χ3n) is 0.694. The van der Waals surface area contributed by atoms with Crippen LogP contribution in [-0.2, 0) is 0 Å². The summed E-state index contributed by atoms with van der Waals surface area (Å²) in [7, 11) is 0. The molecular weight excluding hydrogens is 108 g/mol. The summed E-state index contributed by atoms with van der Waals surface area (Å²) in [4.78, 5) is 10.6. The number of aromatic amines is 1. The maximum Gasteiger partial charge on any atom is 0.254 e. The lowest BCUT2D eigenvalue weighted by atomic mass is 10.6. The van der Waals surface area contributed by atoms with Gasteiger partial charge in [0, 0.05) is 6.07 Å². The van der Waals surface area contributed by atoms with Crippen LogP contribution in [0.1, 0.15) is 0 Å². The first-order valence-electron chi connectivity index (χ1n) is 2.07. The van der Waals surface area contributed by atoms with E-state index in [0.29, 0.717) is 4.85 Å². The van der Waals surface area contributed by atoms with Gasteiger partial charge in [-0.15, -0.1) is 0 Å². The van der Waals surface area contributed by atoms with Gasteiger partial charge in [0.1, 0.15) is 0 Å². The van der Waals surface area contributed by atoms with Crippen molar-refractivity contribution in [3.8, 4) is 0 Å². The molecule has 0 aromatic carbocycles. The number of nitrogens with one attached hydrogen (secondary N) is 1. The third kappa shape index (κ3) is 0.841. The smallest absolute Gasteiger partial charge is 0.254 e. The maximum absolute atomic E-state index is 10.2. The minimum absolute atomic E-state index is 0.293. The van der Waals surface area contributed by atoms with Crippen LogP contribution in [0.25, 0.3) is 0 Å². The minimum Gasteiger partial charge on any atom is -0.596 e. The van der Waals surface area contributed by atoms with Crippen LogP contribution in [0, 0.1) is 5.21 Å². The summed E-state index contributed by atoms with van der Waals surface area (Å²) in [5.41, 5.74) is -0.293. The zero-order valence-electron chi connectivity index (χ0n) is 4.00. The Hall–Kier alpha value is -1.32. The summed E-state index contributed by atoms with van der Waals surface area (Å²) in [5, 5.41) is 12.4. The molecule has 0 saturated carbocycles. The number of H-pyrrole nitrogens is 1.